The van der Waals surface area contributed by atoms with Crippen LogP contribution in [-0.2, 0) is 11.2 Å². The van der Waals surface area contributed by atoms with Crippen molar-refractivity contribution in [3.05, 3.63) is 71.7 Å². The average Bonchev–Trinajstić information content (AvgIpc) is 3.08. The van der Waals surface area contributed by atoms with E-state index in [1.165, 1.54) is 12.1 Å². The van der Waals surface area contributed by atoms with Crippen molar-refractivity contribution in [3.63, 3.8) is 0 Å². The molecule has 152 valence electrons. The van der Waals surface area contributed by atoms with Crippen LogP contribution in [0.3, 0.4) is 0 Å². The third-order valence-corrected chi connectivity index (χ3v) is 4.29. The maximum absolute atomic E-state index is 13.0. The Bertz CT molecular complexity index is 1010. The highest BCUT2D eigenvalue weighted by Crippen LogP contribution is 2.20. The first-order valence-electron chi connectivity index (χ1n) is 8.69. The van der Waals surface area contributed by atoms with Crippen molar-refractivity contribution in [3.8, 4) is 0 Å². The first-order valence-corrected chi connectivity index (χ1v) is 8.69. The average molecular weight is 407 g/mol. The van der Waals surface area contributed by atoms with E-state index in [1.807, 2.05) is 12.1 Å². The number of fused-ring (bicyclic) bond motifs is 1. The molecule has 1 atom stereocenters. The molecule has 0 aliphatic heterocycles. The van der Waals surface area contributed by atoms with E-state index in [0.717, 1.165) is 23.0 Å². The number of nitrogens with one attached hydrogen (secondary N) is 3. The van der Waals surface area contributed by atoms with Gasteiger partial charge in [-0.05, 0) is 35.9 Å². The van der Waals surface area contributed by atoms with E-state index in [0.29, 0.717) is 5.56 Å². The minimum absolute atomic E-state index is 0.0271. The second-order valence-corrected chi connectivity index (χ2v) is 6.43. The van der Waals surface area contributed by atoms with Gasteiger partial charge in [0.05, 0.1) is 0 Å². The zero-order chi connectivity index (χ0) is 21.0. The zero-order valence-electron chi connectivity index (χ0n) is 15.0. The third-order valence-electron chi connectivity index (χ3n) is 4.29. The van der Waals surface area contributed by atoms with Crippen molar-refractivity contribution in [1.82, 2.24) is 15.6 Å². The SMILES string of the molecule is O=C(N[C@H](Cc1c[nH]c2ccccc12)C(=O)NCC(F)(F)F)c1ccc(F)cc1. The van der Waals surface area contributed by atoms with Crippen LogP contribution in [0.15, 0.2) is 54.7 Å². The zero-order valence-corrected chi connectivity index (χ0v) is 15.0. The molecule has 0 unspecified atom stereocenters. The van der Waals surface area contributed by atoms with Gasteiger partial charge in [-0.2, -0.15) is 13.2 Å². The number of H-pyrrole nitrogens is 1. The summed E-state index contributed by atoms with van der Waals surface area (Å²) in [5.41, 5.74) is 1.54. The fourth-order valence-electron chi connectivity index (χ4n) is 2.88. The van der Waals surface area contributed by atoms with Gasteiger partial charge in [-0.15, -0.1) is 0 Å². The van der Waals surface area contributed by atoms with Gasteiger partial charge in [0.2, 0.25) is 5.91 Å². The van der Waals surface area contributed by atoms with Crippen molar-refractivity contribution in [2.75, 3.05) is 6.54 Å². The van der Waals surface area contributed by atoms with Crippen molar-refractivity contribution < 1.29 is 27.2 Å². The van der Waals surface area contributed by atoms with Crippen LogP contribution in [0.4, 0.5) is 17.6 Å². The minimum atomic E-state index is -4.58. The predicted molar refractivity (Wildman–Crippen MR) is 98.7 cm³/mol. The smallest absolute Gasteiger partial charge is 0.361 e. The van der Waals surface area contributed by atoms with Gasteiger partial charge >= 0.3 is 6.18 Å². The summed E-state index contributed by atoms with van der Waals surface area (Å²) in [6.07, 6.45) is -2.97. The van der Waals surface area contributed by atoms with Gasteiger partial charge in [-0.1, -0.05) is 18.2 Å². The second-order valence-electron chi connectivity index (χ2n) is 6.43. The summed E-state index contributed by atoms with van der Waals surface area (Å²) >= 11 is 0. The number of amides is 2. The molecule has 0 saturated carbocycles. The standard InChI is InChI=1S/C20H17F4N3O2/c21-14-7-5-12(6-8-14)18(28)27-17(19(29)26-11-20(22,23)24)9-13-10-25-16-4-2-1-3-15(13)16/h1-8,10,17,25H,9,11H2,(H,26,29)(H,27,28)/t17-/m1/s1. The van der Waals surface area contributed by atoms with Crippen LogP contribution < -0.4 is 10.6 Å². The summed E-state index contributed by atoms with van der Waals surface area (Å²) in [5.74, 6) is -2.21. The van der Waals surface area contributed by atoms with Crippen LogP contribution in [0, 0.1) is 5.82 Å². The van der Waals surface area contributed by atoms with Gasteiger partial charge in [0.1, 0.15) is 18.4 Å². The minimum Gasteiger partial charge on any atom is -0.361 e. The first-order chi connectivity index (χ1) is 13.7. The van der Waals surface area contributed by atoms with Crippen LogP contribution in [0.1, 0.15) is 15.9 Å². The first kappa shape index (κ1) is 20.4. The summed E-state index contributed by atoms with van der Waals surface area (Å²) in [5, 5.41) is 5.03. The largest absolute Gasteiger partial charge is 0.405 e. The quantitative estimate of drug-likeness (QED) is 0.549. The number of carbonyl (C=O) groups excluding carboxylic acids is 2. The number of hydrogen-bond acceptors (Lipinski definition) is 2. The molecule has 3 aromatic rings. The van der Waals surface area contributed by atoms with E-state index < -0.39 is 36.4 Å². The normalized spacial score (nSPS) is 12.6. The van der Waals surface area contributed by atoms with E-state index in [2.05, 4.69) is 10.3 Å². The molecule has 3 rings (SSSR count). The van der Waals surface area contributed by atoms with Gasteiger partial charge in [-0.3, -0.25) is 9.59 Å². The van der Waals surface area contributed by atoms with Gasteiger partial charge in [0.25, 0.3) is 5.91 Å². The van der Waals surface area contributed by atoms with E-state index in [-0.39, 0.29) is 12.0 Å². The molecular formula is C20H17F4N3O2. The number of carbonyl (C=O) groups is 2. The van der Waals surface area contributed by atoms with Crippen molar-refractivity contribution >= 4 is 22.7 Å². The molecule has 0 aliphatic rings. The molecule has 0 aliphatic carbocycles. The fourth-order valence-corrected chi connectivity index (χ4v) is 2.88. The Kier molecular flexibility index (Phi) is 5.86. The van der Waals surface area contributed by atoms with Gasteiger partial charge in [0.15, 0.2) is 0 Å². The van der Waals surface area contributed by atoms with E-state index in [9.17, 15) is 27.2 Å². The lowest BCUT2D eigenvalue weighted by atomic mass is 10.0. The summed E-state index contributed by atoms with van der Waals surface area (Å²) in [7, 11) is 0. The van der Waals surface area contributed by atoms with Crippen LogP contribution in [-0.4, -0.2) is 35.6 Å². The number of aromatic amines is 1. The number of hydrogen-bond donors (Lipinski definition) is 3. The molecule has 2 amide bonds. The Balaban J connectivity index is 1.81. The predicted octanol–water partition coefficient (Wildman–Crippen LogP) is 3.33. The molecule has 0 bridgehead atoms. The summed E-state index contributed by atoms with van der Waals surface area (Å²) in [6, 6.07) is 10.6. The molecule has 2 aromatic carbocycles. The van der Waals surface area contributed by atoms with Crippen molar-refractivity contribution in [2.45, 2.75) is 18.6 Å². The molecule has 3 N–H and O–H groups in total. The number of rotatable bonds is 6. The van der Waals surface area contributed by atoms with Crippen LogP contribution in [0.25, 0.3) is 10.9 Å². The van der Waals surface area contributed by atoms with Crippen molar-refractivity contribution in [2.24, 2.45) is 0 Å². The van der Waals surface area contributed by atoms with E-state index >= 15 is 0 Å². The lowest BCUT2D eigenvalue weighted by molar-refractivity contribution is -0.139. The van der Waals surface area contributed by atoms with E-state index in [4.69, 9.17) is 0 Å². The molecule has 0 spiro atoms. The summed E-state index contributed by atoms with van der Waals surface area (Å²) in [6.45, 7) is -1.51. The maximum atomic E-state index is 13.0. The molecule has 1 aromatic heterocycles. The highest BCUT2D eigenvalue weighted by Gasteiger charge is 2.30. The van der Waals surface area contributed by atoms with Gasteiger partial charge < -0.3 is 15.6 Å². The Morgan fingerprint density at radius 3 is 2.41 bits per heavy atom. The molecule has 0 radical (unpaired) electrons. The summed E-state index contributed by atoms with van der Waals surface area (Å²) in [4.78, 5) is 27.8. The Labute approximate surface area is 163 Å². The number of halogens is 4. The number of benzene rings is 2. The van der Waals surface area contributed by atoms with Crippen LogP contribution in [0.2, 0.25) is 0 Å². The second kappa shape index (κ2) is 8.34. The van der Waals surface area contributed by atoms with Crippen LogP contribution in [0.5, 0.6) is 0 Å². The molecule has 5 nitrogen and oxygen atoms in total. The number of para-hydroxylation sites is 1. The van der Waals surface area contributed by atoms with Gasteiger partial charge in [-0.25, -0.2) is 4.39 Å². The number of alkyl halides is 3. The lowest BCUT2D eigenvalue weighted by Crippen LogP contribution is -2.49. The lowest BCUT2D eigenvalue weighted by Gasteiger charge is -2.19. The summed E-state index contributed by atoms with van der Waals surface area (Å²) < 4.78 is 50.5. The monoisotopic (exact) mass is 407 g/mol. The van der Waals surface area contributed by atoms with Gasteiger partial charge in [0, 0.05) is 29.1 Å². The van der Waals surface area contributed by atoms with E-state index in [1.54, 1.807) is 23.6 Å². The Hall–Kier alpha value is -3.36. The molecule has 1 heterocycles. The molecule has 29 heavy (non-hydrogen) atoms. The van der Waals surface area contributed by atoms with Crippen LogP contribution >= 0.6 is 0 Å². The molecule has 9 heteroatoms. The molecule has 0 fully saturated rings. The highest BCUT2D eigenvalue weighted by atomic mass is 19.4. The maximum Gasteiger partial charge on any atom is 0.405 e. The fraction of sp³-hybridized carbons (Fsp3) is 0.200. The Morgan fingerprint density at radius 1 is 1.03 bits per heavy atom. The molecule has 0 saturated heterocycles. The molecular weight excluding hydrogens is 390 g/mol. The number of aromatic nitrogens is 1. The van der Waals surface area contributed by atoms with Crippen molar-refractivity contribution in [1.29, 1.82) is 0 Å². The topological polar surface area (TPSA) is 74.0 Å². The Morgan fingerprint density at radius 2 is 1.72 bits per heavy atom. The highest BCUT2D eigenvalue weighted by molar-refractivity contribution is 5.97. The third kappa shape index (κ3) is 5.34.